The predicted octanol–water partition coefficient (Wildman–Crippen LogP) is 4.43. The number of aryl methyl sites for hydroxylation is 1. The van der Waals surface area contributed by atoms with Crippen LogP contribution in [0.1, 0.15) is 23.1 Å². The molecule has 2 aromatic carbocycles. The lowest BCUT2D eigenvalue weighted by Gasteiger charge is -2.06. The minimum atomic E-state index is -0.148. The van der Waals surface area contributed by atoms with Gasteiger partial charge in [-0.2, -0.15) is 9.61 Å². The molecule has 4 rings (SSSR count). The maximum Gasteiger partial charge on any atom is 0.255 e. The Morgan fingerprint density at radius 1 is 1.19 bits per heavy atom. The molecule has 0 bridgehead atoms. The van der Waals surface area contributed by atoms with Gasteiger partial charge < -0.3 is 5.32 Å². The molecule has 1 N–H and O–H groups in total. The molecule has 0 saturated carbocycles. The molecule has 0 aliphatic carbocycles. The highest BCUT2D eigenvalue weighted by Gasteiger charge is 2.12. The molecule has 0 saturated heterocycles. The molecule has 0 aliphatic rings. The van der Waals surface area contributed by atoms with Crippen molar-refractivity contribution in [2.45, 2.75) is 13.3 Å². The van der Waals surface area contributed by atoms with Gasteiger partial charge in [-0.25, -0.2) is 0 Å². The lowest BCUT2D eigenvalue weighted by Crippen LogP contribution is -2.11. The summed E-state index contributed by atoms with van der Waals surface area (Å²) in [6, 6.07) is 14.9. The second kappa shape index (κ2) is 6.97. The standard InChI is InChI=1S/C18H14BrN5OS/c1-2-15-21-22-18-24(15)23-17(26-18)11-6-8-14(9-7-11)20-16(25)12-4-3-5-13(19)10-12/h3-10H,2H2,1H3,(H,20,25). The zero-order valence-electron chi connectivity index (χ0n) is 13.8. The van der Waals surface area contributed by atoms with E-state index in [0.717, 1.165) is 37.9 Å². The van der Waals surface area contributed by atoms with Crippen LogP contribution in [0.2, 0.25) is 0 Å². The average Bonchev–Trinajstić information content (AvgIpc) is 3.23. The van der Waals surface area contributed by atoms with Gasteiger partial charge in [-0.1, -0.05) is 40.3 Å². The molecule has 2 heterocycles. The Bertz CT molecular complexity index is 1090. The highest BCUT2D eigenvalue weighted by Crippen LogP contribution is 2.27. The largest absolute Gasteiger partial charge is 0.322 e. The average molecular weight is 428 g/mol. The van der Waals surface area contributed by atoms with Crippen LogP contribution in [0.15, 0.2) is 53.0 Å². The SMILES string of the molecule is CCc1nnc2sc(-c3ccc(NC(=O)c4cccc(Br)c4)cc3)nn12. The van der Waals surface area contributed by atoms with Gasteiger partial charge >= 0.3 is 0 Å². The van der Waals surface area contributed by atoms with E-state index in [1.54, 1.807) is 16.6 Å². The van der Waals surface area contributed by atoms with Gasteiger partial charge in [0, 0.05) is 27.7 Å². The van der Waals surface area contributed by atoms with Crippen LogP contribution in [0.3, 0.4) is 0 Å². The molecule has 0 fully saturated rings. The van der Waals surface area contributed by atoms with Crippen LogP contribution in [0.5, 0.6) is 0 Å². The Kier molecular flexibility index (Phi) is 4.52. The second-order valence-corrected chi connectivity index (χ2v) is 7.48. The molecule has 2 aromatic heterocycles. The van der Waals surface area contributed by atoms with Gasteiger partial charge in [-0.05, 0) is 42.5 Å². The molecule has 26 heavy (non-hydrogen) atoms. The number of carbonyl (C=O) groups is 1. The Labute approximate surface area is 162 Å². The number of hydrogen-bond acceptors (Lipinski definition) is 5. The first-order valence-electron chi connectivity index (χ1n) is 8.02. The first-order chi connectivity index (χ1) is 12.6. The van der Waals surface area contributed by atoms with Crippen LogP contribution in [0, 0.1) is 0 Å². The van der Waals surface area contributed by atoms with Crippen LogP contribution in [0.4, 0.5) is 5.69 Å². The lowest BCUT2D eigenvalue weighted by molar-refractivity contribution is 0.102. The van der Waals surface area contributed by atoms with E-state index in [4.69, 9.17) is 0 Å². The van der Waals surface area contributed by atoms with Gasteiger partial charge in [-0.15, -0.1) is 10.2 Å². The third kappa shape index (κ3) is 3.25. The van der Waals surface area contributed by atoms with Gasteiger partial charge in [0.2, 0.25) is 4.96 Å². The molecule has 0 radical (unpaired) electrons. The van der Waals surface area contributed by atoms with E-state index in [1.807, 2.05) is 43.3 Å². The highest BCUT2D eigenvalue weighted by molar-refractivity contribution is 9.10. The summed E-state index contributed by atoms with van der Waals surface area (Å²) in [5.74, 6) is 0.700. The minimum absolute atomic E-state index is 0.148. The number of carbonyl (C=O) groups excluding carboxylic acids is 1. The van der Waals surface area contributed by atoms with E-state index in [9.17, 15) is 4.79 Å². The fourth-order valence-corrected chi connectivity index (χ4v) is 3.79. The normalized spacial score (nSPS) is 11.0. The zero-order chi connectivity index (χ0) is 18.1. The van der Waals surface area contributed by atoms with E-state index in [2.05, 4.69) is 36.5 Å². The quantitative estimate of drug-likeness (QED) is 0.522. The van der Waals surface area contributed by atoms with Gasteiger partial charge in [0.05, 0.1) is 0 Å². The molecule has 1 amide bonds. The van der Waals surface area contributed by atoms with Gasteiger partial charge in [0.1, 0.15) is 5.01 Å². The number of nitrogens with zero attached hydrogens (tertiary/aromatic N) is 4. The van der Waals surface area contributed by atoms with Crippen molar-refractivity contribution in [2.75, 3.05) is 5.32 Å². The summed E-state index contributed by atoms with van der Waals surface area (Å²) in [6.07, 6.45) is 0.783. The van der Waals surface area contributed by atoms with Crippen molar-refractivity contribution < 1.29 is 4.79 Å². The Balaban J connectivity index is 1.54. The third-order valence-electron chi connectivity index (χ3n) is 3.85. The summed E-state index contributed by atoms with van der Waals surface area (Å²) >= 11 is 4.87. The number of benzene rings is 2. The maximum atomic E-state index is 12.3. The van der Waals surface area contributed by atoms with Crippen molar-refractivity contribution in [2.24, 2.45) is 0 Å². The lowest BCUT2D eigenvalue weighted by atomic mass is 10.2. The Morgan fingerprint density at radius 3 is 2.73 bits per heavy atom. The third-order valence-corrected chi connectivity index (χ3v) is 5.29. The fraction of sp³-hybridized carbons (Fsp3) is 0.111. The number of fused-ring (bicyclic) bond motifs is 1. The number of amides is 1. The predicted molar refractivity (Wildman–Crippen MR) is 106 cm³/mol. The molecule has 0 atom stereocenters. The summed E-state index contributed by atoms with van der Waals surface area (Å²) in [4.78, 5) is 13.1. The molecular formula is C18H14BrN5OS. The zero-order valence-corrected chi connectivity index (χ0v) is 16.2. The van der Waals surface area contributed by atoms with Crippen molar-refractivity contribution >= 4 is 43.8 Å². The number of hydrogen-bond donors (Lipinski definition) is 1. The molecule has 8 heteroatoms. The first kappa shape index (κ1) is 16.9. The van der Waals surface area contributed by atoms with Crippen molar-refractivity contribution in [3.05, 3.63) is 64.4 Å². The van der Waals surface area contributed by atoms with Crippen LogP contribution in [-0.2, 0) is 6.42 Å². The Morgan fingerprint density at radius 2 is 2.00 bits per heavy atom. The van der Waals surface area contributed by atoms with E-state index in [0.29, 0.717) is 5.56 Å². The second-order valence-electron chi connectivity index (χ2n) is 5.61. The van der Waals surface area contributed by atoms with Gasteiger partial charge in [0.15, 0.2) is 5.82 Å². The number of nitrogens with one attached hydrogen (secondary N) is 1. The highest BCUT2D eigenvalue weighted by atomic mass is 79.9. The van der Waals surface area contributed by atoms with E-state index >= 15 is 0 Å². The fourth-order valence-electron chi connectivity index (χ4n) is 2.52. The van der Waals surface area contributed by atoms with Gasteiger partial charge in [0.25, 0.3) is 5.91 Å². The van der Waals surface area contributed by atoms with Crippen molar-refractivity contribution in [1.82, 2.24) is 19.8 Å². The first-order valence-corrected chi connectivity index (χ1v) is 9.63. The number of halogens is 1. The minimum Gasteiger partial charge on any atom is -0.322 e. The molecular weight excluding hydrogens is 414 g/mol. The van der Waals surface area contributed by atoms with E-state index in [1.165, 1.54) is 11.3 Å². The van der Waals surface area contributed by atoms with Crippen LogP contribution in [0.25, 0.3) is 15.5 Å². The maximum absolute atomic E-state index is 12.3. The van der Waals surface area contributed by atoms with Crippen LogP contribution < -0.4 is 5.32 Å². The summed E-state index contributed by atoms with van der Waals surface area (Å²) in [7, 11) is 0. The van der Waals surface area contributed by atoms with E-state index < -0.39 is 0 Å². The molecule has 0 unspecified atom stereocenters. The summed E-state index contributed by atoms with van der Waals surface area (Å²) in [6.45, 7) is 2.03. The van der Waals surface area contributed by atoms with Crippen LogP contribution in [-0.4, -0.2) is 25.7 Å². The van der Waals surface area contributed by atoms with Crippen molar-refractivity contribution in [3.63, 3.8) is 0 Å². The van der Waals surface area contributed by atoms with Gasteiger partial charge in [-0.3, -0.25) is 4.79 Å². The summed E-state index contributed by atoms with van der Waals surface area (Å²) in [5, 5.41) is 16.6. The summed E-state index contributed by atoms with van der Waals surface area (Å²) in [5.41, 5.74) is 2.31. The number of aromatic nitrogens is 4. The molecule has 130 valence electrons. The van der Waals surface area contributed by atoms with Crippen LogP contribution >= 0.6 is 27.3 Å². The van der Waals surface area contributed by atoms with Crippen molar-refractivity contribution in [3.8, 4) is 10.6 Å². The molecule has 4 aromatic rings. The smallest absolute Gasteiger partial charge is 0.255 e. The topological polar surface area (TPSA) is 72.2 Å². The molecule has 0 spiro atoms. The molecule has 6 nitrogen and oxygen atoms in total. The number of rotatable bonds is 4. The van der Waals surface area contributed by atoms with E-state index in [-0.39, 0.29) is 5.91 Å². The molecule has 0 aliphatic heterocycles. The van der Waals surface area contributed by atoms with Crippen molar-refractivity contribution in [1.29, 1.82) is 0 Å². The number of anilines is 1. The monoisotopic (exact) mass is 427 g/mol. The Hall–Kier alpha value is -2.58. The summed E-state index contributed by atoms with van der Waals surface area (Å²) < 4.78 is 2.65.